The van der Waals surface area contributed by atoms with Crippen LogP contribution in [-0.2, 0) is 19.1 Å². The number of carbonyl (C=O) groups excluding carboxylic acids is 4. The van der Waals surface area contributed by atoms with Crippen molar-refractivity contribution >= 4 is 45.8 Å². The molecule has 33 heavy (non-hydrogen) atoms. The van der Waals surface area contributed by atoms with Gasteiger partial charge in [0.2, 0.25) is 11.8 Å². The highest BCUT2D eigenvalue weighted by atomic mass is 32.1. The van der Waals surface area contributed by atoms with Gasteiger partial charge in [-0.25, -0.2) is 9.59 Å². The van der Waals surface area contributed by atoms with Crippen LogP contribution in [-0.4, -0.2) is 50.6 Å². The van der Waals surface area contributed by atoms with E-state index in [4.69, 9.17) is 14.2 Å². The zero-order valence-electron chi connectivity index (χ0n) is 18.9. The van der Waals surface area contributed by atoms with Crippen molar-refractivity contribution in [2.24, 2.45) is 5.92 Å². The summed E-state index contributed by atoms with van der Waals surface area (Å²) in [6.45, 7) is 5.47. The molecule has 0 radical (unpaired) electrons. The Kier molecular flexibility index (Phi) is 7.70. The van der Waals surface area contributed by atoms with Crippen LogP contribution in [0, 0.1) is 12.8 Å². The number of benzene rings is 1. The third-order valence-electron chi connectivity index (χ3n) is 5.20. The van der Waals surface area contributed by atoms with E-state index in [2.05, 4.69) is 5.32 Å². The van der Waals surface area contributed by atoms with E-state index in [0.717, 1.165) is 11.3 Å². The summed E-state index contributed by atoms with van der Waals surface area (Å²) in [5, 5.41) is 2.94. The quantitative estimate of drug-likeness (QED) is 0.584. The van der Waals surface area contributed by atoms with Crippen LogP contribution >= 0.6 is 11.3 Å². The Bertz CT molecular complexity index is 1060. The van der Waals surface area contributed by atoms with Crippen molar-refractivity contribution in [1.29, 1.82) is 0 Å². The van der Waals surface area contributed by atoms with Crippen molar-refractivity contribution in [3.05, 3.63) is 40.3 Å². The Hall–Kier alpha value is -3.40. The van der Waals surface area contributed by atoms with Crippen molar-refractivity contribution in [3.63, 3.8) is 0 Å². The number of nitrogens with one attached hydrogen (secondary N) is 1. The summed E-state index contributed by atoms with van der Waals surface area (Å²) in [4.78, 5) is 52.2. The molecule has 1 aromatic carbocycles. The Morgan fingerprint density at radius 2 is 1.73 bits per heavy atom. The zero-order chi connectivity index (χ0) is 24.1. The van der Waals surface area contributed by atoms with E-state index in [9.17, 15) is 19.2 Å². The van der Waals surface area contributed by atoms with Gasteiger partial charge in [0, 0.05) is 18.7 Å². The molecule has 2 heterocycles. The molecular formula is C23H26N2O7S. The third-order valence-corrected chi connectivity index (χ3v) is 6.39. The van der Waals surface area contributed by atoms with Crippen LogP contribution in [0.25, 0.3) is 0 Å². The number of anilines is 2. The van der Waals surface area contributed by atoms with Gasteiger partial charge < -0.3 is 24.4 Å². The maximum absolute atomic E-state index is 13.0. The minimum atomic E-state index is -0.639. The van der Waals surface area contributed by atoms with E-state index in [0.29, 0.717) is 17.0 Å². The summed E-state index contributed by atoms with van der Waals surface area (Å²) in [6.07, 6.45) is 0.0295. The Morgan fingerprint density at radius 3 is 2.33 bits per heavy atom. The fraction of sp³-hybridized carbons (Fsp3) is 0.391. The van der Waals surface area contributed by atoms with Crippen molar-refractivity contribution in [2.45, 2.75) is 27.2 Å². The van der Waals surface area contributed by atoms with Crippen LogP contribution in [0.1, 0.15) is 45.9 Å². The first-order chi connectivity index (χ1) is 15.8. The first-order valence-electron chi connectivity index (χ1n) is 10.5. The van der Waals surface area contributed by atoms with Crippen LogP contribution in [0.2, 0.25) is 0 Å². The summed E-state index contributed by atoms with van der Waals surface area (Å²) >= 11 is 0.958. The molecule has 10 heteroatoms. The molecule has 1 N–H and O–H groups in total. The number of thiophene rings is 1. The Morgan fingerprint density at radius 1 is 1.09 bits per heavy atom. The molecule has 0 spiro atoms. The molecule has 0 bridgehead atoms. The van der Waals surface area contributed by atoms with Gasteiger partial charge in [-0.2, -0.15) is 0 Å². The maximum Gasteiger partial charge on any atom is 0.348 e. The number of carbonyl (C=O) groups is 4. The molecule has 9 nitrogen and oxygen atoms in total. The second-order valence-corrected chi connectivity index (χ2v) is 8.31. The molecule has 1 saturated heterocycles. The van der Waals surface area contributed by atoms with Gasteiger partial charge in [0.1, 0.15) is 15.6 Å². The first kappa shape index (κ1) is 24.2. The van der Waals surface area contributed by atoms with Gasteiger partial charge in [-0.3, -0.25) is 9.59 Å². The molecule has 0 saturated carbocycles. The highest BCUT2D eigenvalue weighted by Gasteiger charge is 2.36. The predicted octanol–water partition coefficient (Wildman–Crippen LogP) is 3.41. The molecule has 1 aliphatic rings. The average molecular weight is 475 g/mol. The largest absolute Gasteiger partial charge is 0.497 e. The van der Waals surface area contributed by atoms with Crippen molar-refractivity contribution < 1.29 is 33.4 Å². The fourth-order valence-electron chi connectivity index (χ4n) is 3.55. The number of ether oxygens (including phenoxy) is 3. The highest BCUT2D eigenvalue weighted by Crippen LogP contribution is 2.35. The Labute approximate surface area is 195 Å². The fourth-order valence-corrected chi connectivity index (χ4v) is 4.64. The van der Waals surface area contributed by atoms with E-state index >= 15 is 0 Å². The molecule has 1 fully saturated rings. The number of hydrogen-bond acceptors (Lipinski definition) is 8. The summed E-state index contributed by atoms with van der Waals surface area (Å²) in [7, 11) is 1.56. The van der Waals surface area contributed by atoms with E-state index in [1.54, 1.807) is 57.0 Å². The normalized spacial score (nSPS) is 15.3. The number of nitrogens with zero attached hydrogens (tertiary/aromatic N) is 1. The lowest BCUT2D eigenvalue weighted by atomic mass is 10.1. The van der Waals surface area contributed by atoms with Crippen LogP contribution in [0.3, 0.4) is 0 Å². The van der Waals surface area contributed by atoms with Crippen LogP contribution < -0.4 is 15.0 Å². The van der Waals surface area contributed by atoms with E-state index in [1.165, 1.54) is 0 Å². The van der Waals surface area contributed by atoms with Crippen LogP contribution in [0.5, 0.6) is 5.75 Å². The van der Waals surface area contributed by atoms with E-state index < -0.39 is 23.8 Å². The molecule has 3 rings (SSSR count). The minimum absolute atomic E-state index is 0.0295. The molecule has 2 amide bonds. The summed E-state index contributed by atoms with van der Waals surface area (Å²) in [5.41, 5.74) is 1.17. The van der Waals surface area contributed by atoms with Gasteiger partial charge in [-0.05, 0) is 50.6 Å². The standard InChI is InChI=1S/C23H26N2O7S/c1-5-31-22(28)18-13(3)19(23(29)32-6-2)33-21(18)24-20(27)14-11-17(26)25(12-14)15-7-9-16(30-4)10-8-15/h7-10,14H,5-6,11-12H2,1-4H3,(H,24,27)/t14-/m0/s1. The number of esters is 2. The lowest BCUT2D eigenvalue weighted by molar-refractivity contribution is -0.122. The van der Waals surface area contributed by atoms with Crippen molar-refractivity contribution in [1.82, 2.24) is 0 Å². The average Bonchev–Trinajstić information content (AvgIpc) is 3.34. The molecule has 2 aromatic rings. The molecule has 1 atom stereocenters. The van der Waals surface area contributed by atoms with Gasteiger partial charge in [-0.1, -0.05) is 0 Å². The van der Waals surface area contributed by atoms with Crippen LogP contribution in [0.4, 0.5) is 10.7 Å². The van der Waals surface area contributed by atoms with Gasteiger partial charge in [0.15, 0.2) is 0 Å². The van der Waals surface area contributed by atoms with Crippen LogP contribution in [0.15, 0.2) is 24.3 Å². The second kappa shape index (κ2) is 10.5. The zero-order valence-corrected chi connectivity index (χ0v) is 19.7. The SMILES string of the molecule is CCOC(=O)c1sc(NC(=O)[C@H]2CC(=O)N(c3ccc(OC)cc3)C2)c(C(=O)OCC)c1C. The monoisotopic (exact) mass is 474 g/mol. The Balaban J connectivity index is 1.81. The van der Waals surface area contributed by atoms with Gasteiger partial charge in [0.05, 0.1) is 31.8 Å². The maximum atomic E-state index is 13.0. The number of methoxy groups -OCH3 is 1. The summed E-state index contributed by atoms with van der Waals surface area (Å²) in [6, 6.07) is 6.99. The summed E-state index contributed by atoms with van der Waals surface area (Å²) in [5.74, 6) is -1.77. The molecule has 0 aliphatic carbocycles. The van der Waals surface area contributed by atoms with Crippen molar-refractivity contribution in [3.8, 4) is 5.75 Å². The van der Waals surface area contributed by atoms with E-state index in [-0.39, 0.29) is 47.5 Å². The topological polar surface area (TPSA) is 111 Å². The molecule has 1 aliphatic heterocycles. The summed E-state index contributed by atoms with van der Waals surface area (Å²) < 4.78 is 15.3. The van der Waals surface area contributed by atoms with Crippen molar-refractivity contribution in [2.75, 3.05) is 37.1 Å². The second-order valence-electron chi connectivity index (χ2n) is 7.29. The van der Waals surface area contributed by atoms with E-state index in [1.807, 2.05) is 0 Å². The number of hydrogen-bond donors (Lipinski definition) is 1. The first-order valence-corrected chi connectivity index (χ1v) is 11.3. The van der Waals surface area contributed by atoms with Gasteiger partial charge in [-0.15, -0.1) is 11.3 Å². The lowest BCUT2D eigenvalue weighted by Gasteiger charge is -2.17. The minimum Gasteiger partial charge on any atom is -0.497 e. The highest BCUT2D eigenvalue weighted by molar-refractivity contribution is 7.18. The lowest BCUT2D eigenvalue weighted by Crippen LogP contribution is -2.28. The molecular weight excluding hydrogens is 448 g/mol. The molecule has 0 unspecified atom stereocenters. The van der Waals surface area contributed by atoms with Gasteiger partial charge in [0.25, 0.3) is 0 Å². The predicted molar refractivity (Wildman–Crippen MR) is 123 cm³/mol. The number of amides is 2. The smallest absolute Gasteiger partial charge is 0.348 e. The van der Waals surface area contributed by atoms with Gasteiger partial charge >= 0.3 is 11.9 Å². The number of rotatable bonds is 8. The third kappa shape index (κ3) is 5.16. The molecule has 1 aromatic heterocycles. The molecule has 176 valence electrons.